The molecule has 0 bridgehead atoms. The van der Waals surface area contributed by atoms with E-state index in [1.54, 1.807) is 6.07 Å². The van der Waals surface area contributed by atoms with Crippen LogP contribution in [0.5, 0.6) is 0 Å². The zero-order chi connectivity index (χ0) is 15.8. The first-order valence-corrected chi connectivity index (χ1v) is 7.74. The van der Waals surface area contributed by atoms with Gasteiger partial charge in [-0.05, 0) is 31.7 Å². The van der Waals surface area contributed by atoms with Gasteiger partial charge in [0.05, 0.1) is 19.3 Å². The number of ether oxygens (including phenoxy) is 1. The van der Waals surface area contributed by atoms with Crippen LogP contribution in [0.4, 0.5) is 4.39 Å². The van der Waals surface area contributed by atoms with E-state index in [1.165, 1.54) is 12.1 Å². The molecule has 2 N–H and O–H groups in total. The van der Waals surface area contributed by atoms with Crippen molar-refractivity contribution in [2.75, 3.05) is 39.8 Å². The normalized spacial score (nSPS) is 20.0. The molecule has 1 heterocycles. The van der Waals surface area contributed by atoms with Crippen LogP contribution in [0.15, 0.2) is 29.3 Å². The Hall–Kier alpha value is -1.66. The van der Waals surface area contributed by atoms with E-state index in [4.69, 9.17) is 4.74 Å². The summed E-state index contributed by atoms with van der Waals surface area (Å²) in [6, 6.07) is 6.52. The highest BCUT2D eigenvalue weighted by molar-refractivity contribution is 5.79. The van der Waals surface area contributed by atoms with E-state index in [-0.39, 0.29) is 11.9 Å². The number of nitrogens with one attached hydrogen (secondary N) is 2. The second-order valence-electron chi connectivity index (χ2n) is 5.46. The van der Waals surface area contributed by atoms with Gasteiger partial charge in [-0.15, -0.1) is 0 Å². The lowest BCUT2D eigenvalue weighted by Gasteiger charge is -2.30. The Bertz CT molecular complexity index is 495. The number of hydrogen-bond donors (Lipinski definition) is 2. The molecule has 1 atom stereocenters. The van der Waals surface area contributed by atoms with Crippen molar-refractivity contribution in [3.8, 4) is 0 Å². The third-order valence-electron chi connectivity index (χ3n) is 3.49. The molecule has 1 fully saturated rings. The third-order valence-corrected chi connectivity index (χ3v) is 3.49. The Kier molecular flexibility index (Phi) is 6.61. The molecule has 0 saturated carbocycles. The standard InChI is InChI=1S/C16H25FN4O/c1-3-18-16(19-10-13-5-4-6-14(17)9-13)20-11-15-12-21(2)7-8-22-15/h4-6,9,15H,3,7-8,10-12H2,1-2H3,(H2,18,19,20). The van der Waals surface area contributed by atoms with Crippen molar-refractivity contribution < 1.29 is 9.13 Å². The fraction of sp³-hybridized carbons (Fsp3) is 0.562. The molecule has 1 unspecified atom stereocenters. The SMILES string of the molecule is CCNC(=NCc1cccc(F)c1)NCC1CN(C)CCO1. The summed E-state index contributed by atoms with van der Waals surface area (Å²) in [5.74, 6) is 0.493. The van der Waals surface area contributed by atoms with E-state index in [0.717, 1.165) is 37.8 Å². The molecule has 6 heteroatoms. The Morgan fingerprint density at radius 1 is 1.45 bits per heavy atom. The number of likely N-dealkylation sites (N-methyl/N-ethyl adjacent to an activating group) is 1. The lowest BCUT2D eigenvalue weighted by molar-refractivity contribution is -0.0161. The molecule has 0 radical (unpaired) electrons. The van der Waals surface area contributed by atoms with Crippen molar-refractivity contribution in [2.24, 2.45) is 4.99 Å². The van der Waals surface area contributed by atoms with E-state index in [0.29, 0.717) is 13.1 Å². The Labute approximate surface area is 131 Å². The first-order chi connectivity index (χ1) is 10.7. The van der Waals surface area contributed by atoms with Crippen molar-refractivity contribution in [2.45, 2.75) is 19.6 Å². The van der Waals surface area contributed by atoms with Gasteiger partial charge in [0.1, 0.15) is 5.82 Å². The van der Waals surface area contributed by atoms with Crippen molar-refractivity contribution in [3.05, 3.63) is 35.6 Å². The highest BCUT2D eigenvalue weighted by atomic mass is 19.1. The molecule has 1 saturated heterocycles. The average Bonchev–Trinajstić information content (AvgIpc) is 2.50. The maximum Gasteiger partial charge on any atom is 0.191 e. The van der Waals surface area contributed by atoms with Crippen LogP contribution in [0, 0.1) is 5.82 Å². The molecule has 122 valence electrons. The fourth-order valence-electron chi connectivity index (χ4n) is 2.35. The van der Waals surface area contributed by atoms with Crippen LogP contribution >= 0.6 is 0 Å². The molecule has 0 aromatic heterocycles. The quantitative estimate of drug-likeness (QED) is 0.634. The number of guanidine groups is 1. The minimum atomic E-state index is -0.232. The van der Waals surface area contributed by atoms with Crippen molar-refractivity contribution in [3.63, 3.8) is 0 Å². The van der Waals surface area contributed by atoms with E-state index >= 15 is 0 Å². The van der Waals surface area contributed by atoms with Crippen LogP contribution in [-0.4, -0.2) is 56.8 Å². The van der Waals surface area contributed by atoms with Gasteiger partial charge >= 0.3 is 0 Å². The third kappa shape index (κ3) is 5.61. The van der Waals surface area contributed by atoms with E-state index in [9.17, 15) is 4.39 Å². The molecular formula is C16H25FN4O. The van der Waals surface area contributed by atoms with Crippen LogP contribution in [0.3, 0.4) is 0 Å². The fourth-order valence-corrected chi connectivity index (χ4v) is 2.35. The van der Waals surface area contributed by atoms with Gasteiger partial charge in [0, 0.05) is 26.2 Å². The first kappa shape index (κ1) is 16.7. The molecule has 1 aliphatic heterocycles. The van der Waals surface area contributed by atoms with Gasteiger partial charge in [-0.25, -0.2) is 9.38 Å². The topological polar surface area (TPSA) is 48.9 Å². The van der Waals surface area contributed by atoms with E-state index < -0.39 is 0 Å². The number of aliphatic imine (C=N–C) groups is 1. The molecular weight excluding hydrogens is 283 g/mol. The monoisotopic (exact) mass is 308 g/mol. The Morgan fingerprint density at radius 2 is 2.32 bits per heavy atom. The number of morpholine rings is 1. The Balaban J connectivity index is 1.86. The van der Waals surface area contributed by atoms with Crippen LogP contribution in [0.1, 0.15) is 12.5 Å². The summed E-state index contributed by atoms with van der Waals surface area (Å²) in [4.78, 5) is 6.74. The van der Waals surface area contributed by atoms with Gasteiger partial charge in [-0.1, -0.05) is 12.1 Å². The zero-order valence-electron chi connectivity index (χ0n) is 13.3. The summed E-state index contributed by atoms with van der Waals surface area (Å²) >= 11 is 0. The molecule has 0 aliphatic carbocycles. The number of halogens is 1. The summed E-state index contributed by atoms with van der Waals surface area (Å²) in [6.07, 6.45) is 0.164. The summed E-state index contributed by atoms with van der Waals surface area (Å²) < 4.78 is 18.9. The highest BCUT2D eigenvalue weighted by Crippen LogP contribution is 2.05. The first-order valence-electron chi connectivity index (χ1n) is 7.74. The minimum absolute atomic E-state index is 0.164. The van der Waals surface area contributed by atoms with Crippen molar-refractivity contribution in [1.29, 1.82) is 0 Å². The molecule has 1 aliphatic rings. The maximum absolute atomic E-state index is 13.2. The predicted molar refractivity (Wildman–Crippen MR) is 86.5 cm³/mol. The molecule has 0 amide bonds. The van der Waals surface area contributed by atoms with Gasteiger partial charge < -0.3 is 20.3 Å². The predicted octanol–water partition coefficient (Wildman–Crippen LogP) is 1.21. The molecule has 5 nitrogen and oxygen atoms in total. The van der Waals surface area contributed by atoms with Gasteiger partial charge in [0.2, 0.25) is 0 Å². The summed E-state index contributed by atoms with van der Waals surface area (Å²) in [6.45, 7) is 6.60. The average molecular weight is 308 g/mol. The van der Waals surface area contributed by atoms with Crippen molar-refractivity contribution in [1.82, 2.24) is 15.5 Å². The molecule has 22 heavy (non-hydrogen) atoms. The maximum atomic E-state index is 13.2. The van der Waals surface area contributed by atoms with Crippen LogP contribution in [0.25, 0.3) is 0 Å². The van der Waals surface area contributed by atoms with Gasteiger partial charge in [-0.2, -0.15) is 0 Å². The largest absolute Gasteiger partial charge is 0.374 e. The minimum Gasteiger partial charge on any atom is -0.374 e. The zero-order valence-corrected chi connectivity index (χ0v) is 13.3. The van der Waals surface area contributed by atoms with Gasteiger partial charge in [0.25, 0.3) is 0 Å². The second kappa shape index (κ2) is 8.70. The summed E-state index contributed by atoms with van der Waals surface area (Å²) in [5, 5.41) is 6.48. The van der Waals surface area contributed by atoms with Crippen LogP contribution in [0.2, 0.25) is 0 Å². The number of rotatable bonds is 5. The lowest BCUT2D eigenvalue weighted by Crippen LogP contribution is -2.48. The Morgan fingerprint density at radius 3 is 3.05 bits per heavy atom. The smallest absolute Gasteiger partial charge is 0.191 e. The molecule has 1 aromatic carbocycles. The molecule has 0 spiro atoms. The number of benzene rings is 1. The molecule has 2 rings (SSSR count). The summed E-state index contributed by atoms with van der Waals surface area (Å²) in [5.41, 5.74) is 0.853. The van der Waals surface area contributed by atoms with Gasteiger partial charge in [-0.3, -0.25) is 0 Å². The lowest BCUT2D eigenvalue weighted by atomic mass is 10.2. The number of nitrogens with zero attached hydrogens (tertiary/aromatic N) is 2. The van der Waals surface area contributed by atoms with Gasteiger partial charge in [0.15, 0.2) is 5.96 Å². The van der Waals surface area contributed by atoms with E-state index in [2.05, 4.69) is 27.6 Å². The van der Waals surface area contributed by atoms with E-state index in [1.807, 2.05) is 13.0 Å². The van der Waals surface area contributed by atoms with Crippen LogP contribution < -0.4 is 10.6 Å². The summed E-state index contributed by atoms with van der Waals surface area (Å²) in [7, 11) is 2.10. The number of hydrogen-bond acceptors (Lipinski definition) is 3. The molecule has 1 aromatic rings. The highest BCUT2D eigenvalue weighted by Gasteiger charge is 2.17. The van der Waals surface area contributed by atoms with Crippen LogP contribution in [-0.2, 0) is 11.3 Å². The van der Waals surface area contributed by atoms with Crippen molar-refractivity contribution >= 4 is 5.96 Å². The second-order valence-corrected chi connectivity index (χ2v) is 5.46.